The number of benzene rings is 8. The number of para-hydroxylation sites is 2. The molecule has 55 heavy (non-hydrogen) atoms. The molecule has 0 amide bonds. The van der Waals surface area contributed by atoms with E-state index >= 15 is 0 Å². The summed E-state index contributed by atoms with van der Waals surface area (Å²) in [6, 6.07) is 67.3. The van der Waals surface area contributed by atoms with Crippen molar-refractivity contribution in [3.63, 3.8) is 0 Å². The van der Waals surface area contributed by atoms with E-state index < -0.39 is 0 Å². The molecule has 4 nitrogen and oxygen atoms in total. The highest BCUT2D eigenvalue weighted by Gasteiger charge is 2.18. The number of hydrogen-bond donors (Lipinski definition) is 0. The van der Waals surface area contributed by atoms with Crippen molar-refractivity contribution in [1.82, 2.24) is 9.55 Å². The largest absolute Gasteiger partial charge is 0.455 e. The number of pyridine rings is 1. The summed E-state index contributed by atoms with van der Waals surface area (Å²) in [4.78, 5) is 6.65. The number of nitrogens with zero attached hydrogens (tertiary/aromatic N) is 3. The van der Waals surface area contributed by atoms with Gasteiger partial charge in [-0.2, -0.15) is 0 Å². The van der Waals surface area contributed by atoms with Crippen molar-refractivity contribution < 1.29 is 4.42 Å². The quantitative estimate of drug-likeness (QED) is 0.173. The molecule has 0 saturated heterocycles. The fourth-order valence-corrected chi connectivity index (χ4v) is 8.22. The zero-order valence-electron chi connectivity index (χ0n) is 29.8. The summed E-state index contributed by atoms with van der Waals surface area (Å²) < 4.78 is 8.87. The average molecular weight is 704 g/mol. The Hall–Kier alpha value is -7.43. The zero-order valence-corrected chi connectivity index (χ0v) is 29.8. The van der Waals surface area contributed by atoms with Crippen molar-refractivity contribution in [2.45, 2.75) is 0 Å². The van der Waals surface area contributed by atoms with Gasteiger partial charge in [-0.05, 0) is 107 Å². The lowest BCUT2D eigenvalue weighted by Gasteiger charge is -2.26. The van der Waals surface area contributed by atoms with Crippen molar-refractivity contribution in [1.29, 1.82) is 0 Å². The van der Waals surface area contributed by atoms with Crippen molar-refractivity contribution in [2.24, 2.45) is 0 Å². The van der Waals surface area contributed by atoms with Gasteiger partial charge in [0, 0.05) is 67.5 Å². The predicted octanol–water partition coefficient (Wildman–Crippen LogP) is 14.0. The molecular weight excluding hydrogens is 671 g/mol. The van der Waals surface area contributed by atoms with Gasteiger partial charge in [-0.3, -0.25) is 4.98 Å². The second-order valence-electron chi connectivity index (χ2n) is 14.0. The van der Waals surface area contributed by atoms with Gasteiger partial charge in [0.05, 0.1) is 11.0 Å². The molecule has 0 aliphatic carbocycles. The third-order valence-electron chi connectivity index (χ3n) is 10.9. The first-order valence-electron chi connectivity index (χ1n) is 18.6. The molecule has 4 heteroatoms. The Balaban J connectivity index is 1.03. The maximum Gasteiger partial charge on any atom is 0.143 e. The SMILES string of the molecule is c1ccc(-c2ccc(N(c3ccc(-c4ccc5c(c4)oc4c6ccncc6ccc54)cc3)c3ccc4c(c3)c3ccccc3n4-c3ccccc3)cc2)cc1. The number of hydrogen-bond acceptors (Lipinski definition) is 3. The minimum Gasteiger partial charge on any atom is -0.455 e. The maximum absolute atomic E-state index is 6.50. The van der Waals surface area contributed by atoms with Crippen LogP contribution in [0.4, 0.5) is 17.1 Å². The molecule has 0 saturated carbocycles. The third kappa shape index (κ3) is 5.19. The van der Waals surface area contributed by atoms with Crippen LogP contribution in [0.2, 0.25) is 0 Å². The Bertz CT molecular complexity index is 3180. The maximum atomic E-state index is 6.50. The van der Waals surface area contributed by atoms with Gasteiger partial charge in [0.2, 0.25) is 0 Å². The van der Waals surface area contributed by atoms with Gasteiger partial charge < -0.3 is 13.9 Å². The van der Waals surface area contributed by atoms with Crippen LogP contribution in [0.5, 0.6) is 0 Å². The van der Waals surface area contributed by atoms with Crippen LogP contribution in [0, 0.1) is 0 Å². The van der Waals surface area contributed by atoms with Gasteiger partial charge in [0.1, 0.15) is 11.2 Å². The molecular formula is C51H33N3O. The molecule has 258 valence electrons. The highest BCUT2D eigenvalue weighted by Crippen LogP contribution is 2.41. The number of fused-ring (bicyclic) bond motifs is 8. The molecule has 0 bridgehead atoms. The van der Waals surface area contributed by atoms with Crippen molar-refractivity contribution in [3.05, 3.63) is 200 Å². The molecule has 0 spiro atoms. The molecule has 0 aliphatic rings. The Morgan fingerprint density at radius 1 is 0.418 bits per heavy atom. The van der Waals surface area contributed by atoms with Crippen molar-refractivity contribution in [2.75, 3.05) is 4.90 Å². The van der Waals surface area contributed by atoms with E-state index in [0.29, 0.717) is 0 Å². The van der Waals surface area contributed by atoms with E-state index in [1.54, 1.807) is 0 Å². The van der Waals surface area contributed by atoms with Crippen LogP contribution in [0.25, 0.3) is 82.5 Å². The van der Waals surface area contributed by atoms with Crippen LogP contribution in [0.15, 0.2) is 205 Å². The average Bonchev–Trinajstić information content (AvgIpc) is 3.80. The van der Waals surface area contributed by atoms with Crippen LogP contribution in [-0.4, -0.2) is 9.55 Å². The van der Waals surface area contributed by atoms with E-state index in [0.717, 1.165) is 66.6 Å². The second-order valence-corrected chi connectivity index (χ2v) is 14.0. The van der Waals surface area contributed by atoms with Crippen LogP contribution in [0.1, 0.15) is 0 Å². The smallest absolute Gasteiger partial charge is 0.143 e. The van der Waals surface area contributed by atoms with E-state index in [4.69, 9.17) is 4.42 Å². The number of furan rings is 1. The summed E-state index contributed by atoms with van der Waals surface area (Å²) in [5, 5.41) is 6.82. The summed E-state index contributed by atoms with van der Waals surface area (Å²) in [5.41, 5.74) is 13.2. The molecule has 8 aromatic carbocycles. The van der Waals surface area contributed by atoms with Crippen LogP contribution in [-0.2, 0) is 0 Å². The first-order chi connectivity index (χ1) is 27.3. The zero-order chi connectivity index (χ0) is 36.3. The normalized spacial score (nSPS) is 11.6. The summed E-state index contributed by atoms with van der Waals surface area (Å²) in [6.07, 6.45) is 3.71. The Morgan fingerprint density at radius 2 is 1.04 bits per heavy atom. The van der Waals surface area contributed by atoms with E-state index in [2.05, 4.69) is 196 Å². The molecule has 0 unspecified atom stereocenters. The predicted molar refractivity (Wildman–Crippen MR) is 229 cm³/mol. The molecule has 0 atom stereocenters. The molecule has 0 N–H and O–H groups in total. The van der Waals surface area contributed by atoms with Gasteiger partial charge >= 0.3 is 0 Å². The highest BCUT2D eigenvalue weighted by atomic mass is 16.3. The number of aromatic nitrogens is 2. The third-order valence-corrected chi connectivity index (χ3v) is 10.9. The summed E-state index contributed by atoms with van der Waals surface area (Å²) in [5.74, 6) is 0. The van der Waals surface area contributed by atoms with Gasteiger partial charge in [0.15, 0.2) is 0 Å². The summed E-state index contributed by atoms with van der Waals surface area (Å²) >= 11 is 0. The molecule has 11 aromatic rings. The van der Waals surface area contributed by atoms with Crippen molar-refractivity contribution >= 4 is 71.6 Å². The Morgan fingerprint density at radius 3 is 1.82 bits per heavy atom. The number of anilines is 3. The van der Waals surface area contributed by atoms with E-state index in [-0.39, 0.29) is 0 Å². The minimum atomic E-state index is 0.879. The summed E-state index contributed by atoms with van der Waals surface area (Å²) in [6.45, 7) is 0. The minimum absolute atomic E-state index is 0.879. The van der Waals surface area contributed by atoms with Crippen LogP contribution < -0.4 is 4.90 Å². The molecule has 0 fully saturated rings. The first kappa shape index (κ1) is 31.1. The van der Waals surface area contributed by atoms with Gasteiger partial charge in [-0.25, -0.2) is 0 Å². The molecule has 0 aliphatic heterocycles. The summed E-state index contributed by atoms with van der Waals surface area (Å²) in [7, 11) is 0. The molecule has 11 rings (SSSR count). The van der Waals surface area contributed by atoms with Gasteiger partial charge in [0.25, 0.3) is 0 Å². The monoisotopic (exact) mass is 703 g/mol. The van der Waals surface area contributed by atoms with Crippen LogP contribution >= 0.6 is 0 Å². The topological polar surface area (TPSA) is 34.2 Å². The van der Waals surface area contributed by atoms with E-state index in [9.17, 15) is 0 Å². The molecule has 3 aromatic heterocycles. The standard InChI is InChI=1S/C51H33N3O/c1-3-9-34(10-4-1)35-15-21-40(22-16-35)53(42-25-28-49-47(32-42)44-13-7-8-14-48(44)54(49)39-11-5-2-6-12-39)41-23-17-36(18-24-41)37-19-26-45-46-27-20-38-33-52-30-29-43(38)51(46)55-50(45)31-37/h1-33H. The van der Waals surface area contributed by atoms with E-state index in [1.807, 2.05) is 18.5 Å². The lowest BCUT2D eigenvalue weighted by Crippen LogP contribution is -2.10. The van der Waals surface area contributed by atoms with Gasteiger partial charge in [-0.15, -0.1) is 0 Å². The first-order valence-corrected chi connectivity index (χ1v) is 18.6. The lowest BCUT2D eigenvalue weighted by atomic mass is 10.0. The highest BCUT2D eigenvalue weighted by molar-refractivity contribution is 6.15. The second kappa shape index (κ2) is 12.6. The van der Waals surface area contributed by atoms with E-state index in [1.165, 1.54) is 32.9 Å². The lowest BCUT2D eigenvalue weighted by molar-refractivity contribution is 0.673. The molecule has 3 heterocycles. The fraction of sp³-hybridized carbons (Fsp3) is 0. The molecule has 0 radical (unpaired) electrons. The Labute approximate surface area is 317 Å². The van der Waals surface area contributed by atoms with Crippen LogP contribution in [0.3, 0.4) is 0 Å². The Kier molecular flexibility index (Phi) is 7.14. The van der Waals surface area contributed by atoms with Crippen molar-refractivity contribution in [3.8, 4) is 27.9 Å². The fourth-order valence-electron chi connectivity index (χ4n) is 8.22. The number of rotatable bonds is 6. The van der Waals surface area contributed by atoms with Gasteiger partial charge in [-0.1, -0.05) is 103 Å².